The molecule has 0 bridgehead atoms. The smallest absolute Gasteiger partial charge is 0.123 e. The summed E-state index contributed by atoms with van der Waals surface area (Å²) in [5.74, 6) is -0.255. The minimum Gasteiger partial charge on any atom is -0.508 e. The van der Waals surface area contributed by atoms with E-state index in [0.717, 1.165) is 5.56 Å². The van der Waals surface area contributed by atoms with Crippen LogP contribution in [-0.2, 0) is 12.8 Å². The molecule has 2 nitrogen and oxygen atoms in total. The Balaban J connectivity index is 2.03. The van der Waals surface area contributed by atoms with Crippen LogP contribution in [0, 0.1) is 5.82 Å². The van der Waals surface area contributed by atoms with E-state index in [0.29, 0.717) is 18.4 Å². The largest absolute Gasteiger partial charge is 0.508 e. The van der Waals surface area contributed by atoms with E-state index in [1.165, 1.54) is 18.2 Å². The lowest BCUT2D eigenvalue weighted by atomic mass is 9.99. The molecule has 0 saturated carbocycles. The zero-order chi connectivity index (χ0) is 13.0. The number of hydrogen-bond acceptors (Lipinski definition) is 2. The zero-order valence-corrected chi connectivity index (χ0v) is 10.0. The van der Waals surface area contributed by atoms with Crippen molar-refractivity contribution in [2.75, 3.05) is 0 Å². The van der Waals surface area contributed by atoms with Crippen LogP contribution < -0.4 is 5.73 Å². The van der Waals surface area contributed by atoms with Gasteiger partial charge in [-0.15, -0.1) is 0 Å². The molecule has 0 aromatic heterocycles. The van der Waals surface area contributed by atoms with E-state index < -0.39 is 0 Å². The summed E-state index contributed by atoms with van der Waals surface area (Å²) in [5.41, 5.74) is 7.72. The van der Waals surface area contributed by atoms with Gasteiger partial charge in [0.15, 0.2) is 0 Å². The first-order valence-corrected chi connectivity index (χ1v) is 5.92. The van der Waals surface area contributed by atoms with Gasteiger partial charge >= 0.3 is 0 Å². The number of nitrogens with two attached hydrogens (primary N) is 1. The van der Waals surface area contributed by atoms with Gasteiger partial charge in [-0.25, -0.2) is 4.39 Å². The number of rotatable bonds is 4. The number of hydrogen-bond donors (Lipinski definition) is 2. The van der Waals surface area contributed by atoms with Crippen molar-refractivity contribution in [3.63, 3.8) is 0 Å². The molecular weight excluding hydrogens is 229 g/mol. The van der Waals surface area contributed by atoms with Crippen molar-refractivity contribution in [3.8, 4) is 5.75 Å². The second-order valence-corrected chi connectivity index (χ2v) is 4.43. The average molecular weight is 245 g/mol. The molecular formula is C15H16FNO. The Morgan fingerprint density at radius 3 is 2.50 bits per heavy atom. The number of aromatic hydroxyl groups is 1. The molecule has 0 aliphatic rings. The van der Waals surface area contributed by atoms with E-state index in [-0.39, 0.29) is 17.6 Å². The summed E-state index contributed by atoms with van der Waals surface area (Å²) >= 11 is 0. The van der Waals surface area contributed by atoms with Crippen molar-refractivity contribution in [3.05, 3.63) is 65.5 Å². The van der Waals surface area contributed by atoms with E-state index in [1.54, 1.807) is 0 Å². The fraction of sp³-hybridized carbons (Fsp3) is 0.200. The summed E-state index contributed by atoms with van der Waals surface area (Å²) in [7, 11) is 0. The van der Waals surface area contributed by atoms with Crippen LogP contribution in [0.5, 0.6) is 5.75 Å². The molecule has 3 N–H and O–H groups in total. The monoisotopic (exact) mass is 245 g/mol. The van der Waals surface area contributed by atoms with Crippen LogP contribution in [0.2, 0.25) is 0 Å². The summed E-state index contributed by atoms with van der Waals surface area (Å²) in [6, 6.07) is 13.7. The van der Waals surface area contributed by atoms with Gasteiger partial charge in [-0.2, -0.15) is 0 Å². The fourth-order valence-corrected chi connectivity index (χ4v) is 1.99. The van der Waals surface area contributed by atoms with Crippen LogP contribution >= 0.6 is 0 Å². The van der Waals surface area contributed by atoms with Crippen LogP contribution in [0.15, 0.2) is 48.5 Å². The topological polar surface area (TPSA) is 46.2 Å². The third kappa shape index (κ3) is 3.31. The highest BCUT2D eigenvalue weighted by molar-refractivity contribution is 5.33. The van der Waals surface area contributed by atoms with E-state index in [1.807, 2.05) is 30.3 Å². The summed E-state index contributed by atoms with van der Waals surface area (Å²) in [4.78, 5) is 0. The molecule has 2 rings (SSSR count). The van der Waals surface area contributed by atoms with Gasteiger partial charge in [0, 0.05) is 6.04 Å². The average Bonchev–Trinajstić information content (AvgIpc) is 2.35. The molecule has 1 unspecified atom stereocenters. The molecule has 94 valence electrons. The molecule has 0 aliphatic carbocycles. The Morgan fingerprint density at radius 1 is 1.06 bits per heavy atom. The number of phenols is 1. The van der Waals surface area contributed by atoms with Gasteiger partial charge in [-0.1, -0.05) is 30.3 Å². The second kappa shape index (κ2) is 5.65. The maximum Gasteiger partial charge on any atom is 0.123 e. The molecule has 0 saturated heterocycles. The Bertz CT molecular complexity index is 513. The minimum atomic E-state index is -0.352. The molecule has 0 spiro atoms. The zero-order valence-electron chi connectivity index (χ0n) is 10.0. The Kier molecular flexibility index (Phi) is 3.95. The van der Waals surface area contributed by atoms with Crippen LogP contribution in [0.25, 0.3) is 0 Å². The lowest BCUT2D eigenvalue weighted by Gasteiger charge is -2.13. The first-order chi connectivity index (χ1) is 8.65. The fourth-order valence-electron chi connectivity index (χ4n) is 1.99. The van der Waals surface area contributed by atoms with Gasteiger partial charge in [0.1, 0.15) is 11.6 Å². The highest BCUT2D eigenvalue weighted by Gasteiger charge is 2.09. The van der Waals surface area contributed by atoms with Gasteiger partial charge in [0.2, 0.25) is 0 Å². The van der Waals surface area contributed by atoms with Gasteiger partial charge in [-0.3, -0.25) is 0 Å². The first kappa shape index (κ1) is 12.6. The Morgan fingerprint density at radius 2 is 1.78 bits per heavy atom. The summed E-state index contributed by atoms with van der Waals surface area (Å²) in [5, 5.41) is 9.63. The quantitative estimate of drug-likeness (QED) is 0.869. The third-order valence-electron chi connectivity index (χ3n) is 2.86. The summed E-state index contributed by atoms with van der Waals surface area (Å²) in [6.45, 7) is 0. The number of halogens is 1. The van der Waals surface area contributed by atoms with E-state index in [9.17, 15) is 9.50 Å². The van der Waals surface area contributed by atoms with Crippen LogP contribution in [0.3, 0.4) is 0 Å². The molecule has 0 heterocycles. The van der Waals surface area contributed by atoms with E-state index >= 15 is 0 Å². The van der Waals surface area contributed by atoms with Gasteiger partial charge in [0.25, 0.3) is 0 Å². The maximum absolute atomic E-state index is 13.1. The standard InChI is InChI=1S/C15H16FNO/c16-13-6-7-15(18)12(9-13)10-14(17)8-11-4-2-1-3-5-11/h1-7,9,14,18H,8,10,17H2. The highest BCUT2D eigenvalue weighted by atomic mass is 19.1. The first-order valence-electron chi connectivity index (χ1n) is 5.92. The van der Waals surface area contributed by atoms with Gasteiger partial charge in [-0.05, 0) is 42.2 Å². The molecule has 1 atom stereocenters. The Labute approximate surface area is 106 Å². The number of phenolic OH excluding ortho intramolecular Hbond substituents is 1. The molecule has 2 aromatic carbocycles. The predicted octanol–water partition coefficient (Wildman–Crippen LogP) is 2.64. The minimum absolute atomic E-state index is 0.0971. The molecule has 3 heteroatoms. The van der Waals surface area contributed by atoms with Crippen molar-refractivity contribution in [2.24, 2.45) is 5.73 Å². The van der Waals surface area contributed by atoms with Crippen LogP contribution in [-0.4, -0.2) is 11.1 Å². The lowest BCUT2D eigenvalue weighted by molar-refractivity contribution is 0.461. The second-order valence-electron chi connectivity index (χ2n) is 4.43. The lowest BCUT2D eigenvalue weighted by Crippen LogP contribution is -2.25. The van der Waals surface area contributed by atoms with Gasteiger partial charge < -0.3 is 10.8 Å². The summed E-state index contributed by atoms with van der Waals surface area (Å²) in [6.07, 6.45) is 1.16. The molecule has 0 fully saturated rings. The van der Waals surface area contributed by atoms with Crippen molar-refractivity contribution in [1.29, 1.82) is 0 Å². The number of benzene rings is 2. The predicted molar refractivity (Wildman–Crippen MR) is 69.9 cm³/mol. The molecule has 18 heavy (non-hydrogen) atoms. The van der Waals surface area contributed by atoms with Gasteiger partial charge in [0.05, 0.1) is 0 Å². The van der Waals surface area contributed by atoms with Crippen LogP contribution in [0.4, 0.5) is 4.39 Å². The SMILES string of the molecule is NC(Cc1ccccc1)Cc1cc(F)ccc1O. The van der Waals surface area contributed by atoms with E-state index in [2.05, 4.69) is 0 Å². The molecule has 0 radical (unpaired) electrons. The van der Waals surface area contributed by atoms with Crippen molar-refractivity contribution < 1.29 is 9.50 Å². The Hall–Kier alpha value is -1.87. The molecule has 2 aromatic rings. The molecule has 0 aliphatic heterocycles. The third-order valence-corrected chi connectivity index (χ3v) is 2.86. The maximum atomic E-state index is 13.1. The van der Waals surface area contributed by atoms with Crippen molar-refractivity contribution in [2.45, 2.75) is 18.9 Å². The van der Waals surface area contributed by atoms with E-state index in [4.69, 9.17) is 5.73 Å². The summed E-state index contributed by atoms with van der Waals surface area (Å²) < 4.78 is 13.1. The van der Waals surface area contributed by atoms with Crippen molar-refractivity contribution in [1.82, 2.24) is 0 Å². The molecule has 0 amide bonds. The highest BCUT2D eigenvalue weighted by Crippen LogP contribution is 2.19. The van der Waals surface area contributed by atoms with Crippen molar-refractivity contribution >= 4 is 0 Å². The normalized spacial score (nSPS) is 12.3. The van der Waals surface area contributed by atoms with Crippen LogP contribution in [0.1, 0.15) is 11.1 Å².